The Morgan fingerprint density at radius 1 is 1.24 bits per heavy atom. The van der Waals surface area contributed by atoms with E-state index in [9.17, 15) is 0 Å². The minimum atomic E-state index is 0.353. The van der Waals surface area contributed by atoms with Crippen LogP contribution in [0.1, 0.15) is 19.4 Å². The zero-order chi connectivity index (χ0) is 18.1. The number of nitrogens with zero attached hydrogens (tertiary/aromatic N) is 2. The van der Waals surface area contributed by atoms with Crippen LogP contribution < -0.4 is 15.4 Å². The van der Waals surface area contributed by atoms with Gasteiger partial charge >= 0.3 is 0 Å². The van der Waals surface area contributed by atoms with Crippen LogP contribution in [0.15, 0.2) is 34.8 Å². The summed E-state index contributed by atoms with van der Waals surface area (Å²) in [6, 6.07) is 10.5. The summed E-state index contributed by atoms with van der Waals surface area (Å²) in [5.41, 5.74) is 5.10. The lowest BCUT2D eigenvalue weighted by atomic mass is 10.2. The quantitative estimate of drug-likeness (QED) is 0.614. The molecule has 3 aromatic rings. The lowest BCUT2D eigenvalue weighted by Crippen LogP contribution is -2.10. The van der Waals surface area contributed by atoms with Crippen molar-refractivity contribution < 1.29 is 4.74 Å². The molecule has 0 aliphatic rings. The predicted octanol–water partition coefficient (Wildman–Crippen LogP) is 5.22. The van der Waals surface area contributed by atoms with Crippen LogP contribution in [-0.2, 0) is 7.05 Å². The molecule has 1 heterocycles. The molecule has 0 atom stereocenters. The van der Waals surface area contributed by atoms with Crippen LogP contribution in [0.4, 0.5) is 17.3 Å². The molecular formula is C19H23BrN4O. The molecule has 0 unspecified atom stereocenters. The number of ether oxygens (including phenoxy) is 1. The molecule has 25 heavy (non-hydrogen) atoms. The molecule has 2 aromatic carbocycles. The van der Waals surface area contributed by atoms with Crippen LogP contribution in [0, 0.1) is 6.92 Å². The molecule has 0 aliphatic carbocycles. The lowest BCUT2D eigenvalue weighted by molar-refractivity contribution is 0.416. The van der Waals surface area contributed by atoms with Crippen molar-refractivity contribution in [2.75, 3.05) is 17.7 Å². The monoisotopic (exact) mass is 402 g/mol. The highest BCUT2D eigenvalue weighted by molar-refractivity contribution is 9.10. The number of imidazole rings is 1. The first kappa shape index (κ1) is 17.6. The Morgan fingerprint density at radius 3 is 2.68 bits per heavy atom. The van der Waals surface area contributed by atoms with Gasteiger partial charge in [0.2, 0.25) is 5.95 Å². The Kier molecular flexibility index (Phi) is 4.90. The molecule has 0 fully saturated rings. The fraction of sp³-hybridized carbons (Fsp3) is 0.316. The molecule has 0 saturated carbocycles. The number of aromatic nitrogens is 2. The van der Waals surface area contributed by atoms with E-state index in [0.717, 1.165) is 44.1 Å². The Bertz CT molecular complexity index is 917. The number of nitrogens with one attached hydrogen (secondary N) is 2. The zero-order valence-electron chi connectivity index (χ0n) is 15.1. The second-order valence-corrected chi connectivity index (χ2v) is 7.31. The number of para-hydroxylation sites is 1. The zero-order valence-corrected chi connectivity index (χ0v) is 16.7. The highest BCUT2D eigenvalue weighted by Crippen LogP contribution is 2.35. The van der Waals surface area contributed by atoms with Gasteiger partial charge in [0, 0.05) is 17.6 Å². The Labute approximate surface area is 156 Å². The SMILES string of the molecule is COc1cc(Br)cc(C)c1Nc1nc2cccc(NC(C)C)c2n1C. The predicted molar refractivity (Wildman–Crippen MR) is 108 cm³/mol. The normalized spacial score (nSPS) is 11.2. The number of hydrogen-bond acceptors (Lipinski definition) is 4. The van der Waals surface area contributed by atoms with Gasteiger partial charge in [-0.2, -0.15) is 0 Å². The van der Waals surface area contributed by atoms with Gasteiger partial charge in [0.15, 0.2) is 0 Å². The van der Waals surface area contributed by atoms with Gasteiger partial charge in [-0.3, -0.25) is 0 Å². The smallest absolute Gasteiger partial charge is 0.208 e. The number of aryl methyl sites for hydroxylation is 2. The van der Waals surface area contributed by atoms with Gasteiger partial charge in [-0.15, -0.1) is 0 Å². The third kappa shape index (κ3) is 3.44. The third-order valence-electron chi connectivity index (χ3n) is 4.06. The minimum Gasteiger partial charge on any atom is -0.495 e. The fourth-order valence-corrected chi connectivity index (χ4v) is 3.50. The number of fused-ring (bicyclic) bond motifs is 1. The summed E-state index contributed by atoms with van der Waals surface area (Å²) < 4.78 is 8.58. The number of rotatable bonds is 5. The Balaban J connectivity index is 2.08. The number of anilines is 3. The molecule has 0 aliphatic heterocycles. The standard InChI is InChI=1S/C19H23BrN4O/c1-11(2)21-14-7-6-8-15-18(14)24(4)19(22-15)23-17-12(3)9-13(20)10-16(17)25-5/h6-11,21H,1-5H3,(H,22,23). The number of benzene rings is 2. The molecular weight excluding hydrogens is 380 g/mol. The highest BCUT2D eigenvalue weighted by Gasteiger charge is 2.15. The average Bonchev–Trinajstić information content (AvgIpc) is 2.86. The number of methoxy groups -OCH3 is 1. The van der Waals surface area contributed by atoms with Crippen molar-refractivity contribution in [2.45, 2.75) is 26.8 Å². The van der Waals surface area contributed by atoms with Crippen molar-refractivity contribution >= 4 is 44.3 Å². The van der Waals surface area contributed by atoms with Crippen molar-refractivity contribution in [3.63, 3.8) is 0 Å². The van der Waals surface area contributed by atoms with Crippen LogP contribution in [0.2, 0.25) is 0 Å². The van der Waals surface area contributed by atoms with Crippen LogP contribution >= 0.6 is 15.9 Å². The van der Waals surface area contributed by atoms with E-state index in [0.29, 0.717) is 6.04 Å². The maximum absolute atomic E-state index is 5.53. The first-order chi connectivity index (χ1) is 11.9. The third-order valence-corrected chi connectivity index (χ3v) is 4.52. The summed E-state index contributed by atoms with van der Waals surface area (Å²) in [7, 11) is 3.69. The minimum absolute atomic E-state index is 0.353. The summed E-state index contributed by atoms with van der Waals surface area (Å²) in [5, 5.41) is 6.92. The van der Waals surface area contributed by atoms with Gasteiger partial charge in [0.05, 0.1) is 29.5 Å². The lowest BCUT2D eigenvalue weighted by Gasteiger charge is -2.15. The molecule has 0 radical (unpaired) electrons. The summed E-state index contributed by atoms with van der Waals surface area (Å²) in [6.07, 6.45) is 0. The van der Waals surface area contributed by atoms with Gasteiger partial charge in [0.1, 0.15) is 5.75 Å². The maximum atomic E-state index is 5.53. The molecule has 0 bridgehead atoms. The molecule has 3 rings (SSSR count). The van der Waals surface area contributed by atoms with E-state index >= 15 is 0 Å². The van der Waals surface area contributed by atoms with Gasteiger partial charge in [-0.25, -0.2) is 4.98 Å². The highest BCUT2D eigenvalue weighted by atomic mass is 79.9. The van der Waals surface area contributed by atoms with Crippen LogP contribution in [0.5, 0.6) is 5.75 Å². The van der Waals surface area contributed by atoms with Gasteiger partial charge < -0.3 is 19.9 Å². The molecule has 2 N–H and O–H groups in total. The van der Waals surface area contributed by atoms with E-state index in [2.05, 4.69) is 57.1 Å². The van der Waals surface area contributed by atoms with E-state index < -0.39 is 0 Å². The largest absolute Gasteiger partial charge is 0.495 e. The van der Waals surface area contributed by atoms with Crippen molar-refractivity contribution in [2.24, 2.45) is 7.05 Å². The van der Waals surface area contributed by atoms with E-state index in [1.54, 1.807) is 7.11 Å². The molecule has 0 spiro atoms. The Morgan fingerprint density at radius 2 is 2.00 bits per heavy atom. The topological polar surface area (TPSA) is 51.1 Å². The average molecular weight is 403 g/mol. The van der Waals surface area contributed by atoms with E-state index in [-0.39, 0.29) is 0 Å². The van der Waals surface area contributed by atoms with Gasteiger partial charge in [0.25, 0.3) is 0 Å². The molecule has 6 heteroatoms. The number of halogens is 1. The molecule has 0 saturated heterocycles. The number of hydrogen-bond donors (Lipinski definition) is 2. The van der Waals surface area contributed by atoms with Crippen molar-refractivity contribution in [1.29, 1.82) is 0 Å². The first-order valence-corrected chi connectivity index (χ1v) is 9.03. The molecule has 132 valence electrons. The summed E-state index contributed by atoms with van der Waals surface area (Å²) in [6.45, 7) is 6.30. The molecule has 5 nitrogen and oxygen atoms in total. The van der Waals surface area contributed by atoms with Crippen molar-refractivity contribution in [1.82, 2.24) is 9.55 Å². The summed E-state index contributed by atoms with van der Waals surface area (Å²) in [4.78, 5) is 4.76. The maximum Gasteiger partial charge on any atom is 0.208 e. The van der Waals surface area contributed by atoms with Crippen LogP contribution in [-0.4, -0.2) is 22.7 Å². The molecule has 1 aromatic heterocycles. The molecule has 0 amide bonds. The van der Waals surface area contributed by atoms with Crippen LogP contribution in [0.3, 0.4) is 0 Å². The van der Waals surface area contributed by atoms with Gasteiger partial charge in [-0.1, -0.05) is 22.0 Å². The van der Waals surface area contributed by atoms with E-state index in [1.165, 1.54) is 0 Å². The van der Waals surface area contributed by atoms with Crippen LogP contribution in [0.25, 0.3) is 11.0 Å². The van der Waals surface area contributed by atoms with Crippen molar-refractivity contribution in [3.05, 3.63) is 40.4 Å². The van der Waals surface area contributed by atoms with Crippen molar-refractivity contribution in [3.8, 4) is 5.75 Å². The fourth-order valence-electron chi connectivity index (χ4n) is 2.95. The van der Waals surface area contributed by atoms with Gasteiger partial charge in [-0.05, 0) is 50.6 Å². The first-order valence-electron chi connectivity index (χ1n) is 8.24. The van der Waals surface area contributed by atoms with E-state index in [1.807, 2.05) is 32.2 Å². The Hall–Kier alpha value is -2.21. The second-order valence-electron chi connectivity index (χ2n) is 6.39. The van der Waals surface area contributed by atoms with E-state index in [4.69, 9.17) is 9.72 Å². The second kappa shape index (κ2) is 6.96. The summed E-state index contributed by atoms with van der Waals surface area (Å²) in [5.74, 6) is 1.55. The summed E-state index contributed by atoms with van der Waals surface area (Å²) >= 11 is 3.51.